The van der Waals surface area contributed by atoms with Crippen molar-refractivity contribution in [2.24, 2.45) is 0 Å². The molecular weight excluding hydrogens is 232 g/mol. The molecule has 0 saturated carbocycles. The summed E-state index contributed by atoms with van der Waals surface area (Å²) in [6.07, 6.45) is 1.76. The number of hydrogen-bond donors (Lipinski definition) is 2. The van der Waals surface area contributed by atoms with Gasteiger partial charge in [0.2, 0.25) is 0 Å². The van der Waals surface area contributed by atoms with E-state index in [1.54, 1.807) is 24.0 Å². The van der Waals surface area contributed by atoms with Gasteiger partial charge in [-0.1, -0.05) is 18.2 Å². The molecule has 1 aromatic carbocycles. The smallest absolute Gasteiger partial charge is 0.129 e. The van der Waals surface area contributed by atoms with Crippen LogP contribution in [0.15, 0.2) is 47.5 Å². The van der Waals surface area contributed by atoms with E-state index in [1.165, 1.54) is 0 Å². The van der Waals surface area contributed by atoms with Crippen molar-refractivity contribution in [1.82, 2.24) is 4.98 Å². The molecule has 0 unspecified atom stereocenters. The number of para-hydroxylation sites is 1. The summed E-state index contributed by atoms with van der Waals surface area (Å²) in [6.45, 7) is 0. The lowest BCUT2D eigenvalue weighted by molar-refractivity contribution is 0.462. The number of nitrogens with zero attached hydrogens (tertiary/aromatic N) is 1. The summed E-state index contributed by atoms with van der Waals surface area (Å²) >= 11 is 1.60. The summed E-state index contributed by atoms with van der Waals surface area (Å²) in [7, 11) is 1.86. The highest BCUT2D eigenvalue weighted by atomic mass is 32.2. The van der Waals surface area contributed by atoms with Gasteiger partial charge in [-0.15, -0.1) is 11.8 Å². The molecule has 88 valence electrons. The van der Waals surface area contributed by atoms with Crippen molar-refractivity contribution in [3.05, 3.63) is 48.2 Å². The number of nitrogens with one attached hydrogen (secondary N) is 1. The molecule has 17 heavy (non-hydrogen) atoms. The van der Waals surface area contributed by atoms with Crippen LogP contribution in [0, 0.1) is 0 Å². The van der Waals surface area contributed by atoms with Gasteiger partial charge in [-0.25, -0.2) is 4.98 Å². The van der Waals surface area contributed by atoms with Gasteiger partial charge in [0.05, 0.1) is 0 Å². The van der Waals surface area contributed by atoms with Gasteiger partial charge < -0.3 is 10.4 Å². The van der Waals surface area contributed by atoms with Crippen LogP contribution < -0.4 is 5.32 Å². The number of pyridine rings is 1. The Morgan fingerprint density at radius 2 is 2.06 bits per heavy atom. The molecule has 0 spiro atoms. The van der Waals surface area contributed by atoms with Crippen molar-refractivity contribution in [1.29, 1.82) is 0 Å². The van der Waals surface area contributed by atoms with Crippen LogP contribution in [0.5, 0.6) is 5.75 Å². The number of hydrogen-bond acceptors (Lipinski definition) is 4. The highest BCUT2D eigenvalue weighted by Crippen LogP contribution is 2.31. The van der Waals surface area contributed by atoms with E-state index in [0.29, 0.717) is 5.75 Å². The minimum atomic E-state index is 0.326. The monoisotopic (exact) mass is 246 g/mol. The third kappa shape index (κ3) is 2.91. The van der Waals surface area contributed by atoms with Crippen LogP contribution in [0.2, 0.25) is 0 Å². The zero-order chi connectivity index (χ0) is 12.1. The molecule has 1 aromatic heterocycles. The summed E-state index contributed by atoms with van der Waals surface area (Å²) in [5.74, 6) is 1.99. The fourth-order valence-corrected chi connectivity index (χ4v) is 2.45. The summed E-state index contributed by atoms with van der Waals surface area (Å²) < 4.78 is 0. The number of aromatic nitrogens is 1. The quantitative estimate of drug-likeness (QED) is 0.814. The molecular formula is C13H14N2OS. The van der Waals surface area contributed by atoms with Crippen molar-refractivity contribution in [2.75, 3.05) is 12.4 Å². The molecule has 4 heteroatoms. The second-order valence-corrected chi connectivity index (χ2v) is 4.53. The van der Waals surface area contributed by atoms with Gasteiger partial charge in [-0.05, 0) is 18.2 Å². The van der Waals surface area contributed by atoms with Gasteiger partial charge in [-0.2, -0.15) is 0 Å². The molecule has 0 fully saturated rings. The number of phenols is 1. The molecule has 0 atom stereocenters. The fraction of sp³-hybridized carbons (Fsp3) is 0.154. The number of thioether (sulfide) groups is 1. The summed E-state index contributed by atoms with van der Waals surface area (Å²) in [5.41, 5.74) is 1.13. The van der Waals surface area contributed by atoms with Crippen LogP contribution in [0.25, 0.3) is 0 Å². The maximum Gasteiger partial charge on any atom is 0.129 e. The Morgan fingerprint density at radius 1 is 1.24 bits per heavy atom. The second-order valence-electron chi connectivity index (χ2n) is 3.52. The third-order valence-electron chi connectivity index (χ3n) is 2.38. The van der Waals surface area contributed by atoms with E-state index >= 15 is 0 Å². The zero-order valence-electron chi connectivity index (χ0n) is 9.55. The molecule has 1 heterocycles. The Bertz CT molecular complexity index is 502. The molecule has 2 rings (SSSR count). The molecule has 3 nitrogen and oxygen atoms in total. The highest BCUT2D eigenvalue weighted by Gasteiger charge is 2.04. The van der Waals surface area contributed by atoms with E-state index < -0.39 is 0 Å². The van der Waals surface area contributed by atoms with Crippen LogP contribution in [-0.4, -0.2) is 17.1 Å². The SMILES string of the molecule is CNc1ncccc1CSc1ccccc1O. The second kappa shape index (κ2) is 5.59. The maximum atomic E-state index is 9.66. The molecule has 0 aliphatic heterocycles. The molecule has 2 aromatic rings. The number of rotatable bonds is 4. The number of aromatic hydroxyl groups is 1. The number of benzene rings is 1. The molecule has 0 saturated heterocycles. The fourth-order valence-electron chi connectivity index (χ4n) is 1.51. The van der Waals surface area contributed by atoms with Crippen LogP contribution in [0.4, 0.5) is 5.82 Å². The molecule has 0 radical (unpaired) electrons. The Kier molecular flexibility index (Phi) is 3.88. The third-order valence-corrected chi connectivity index (χ3v) is 3.49. The van der Waals surface area contributed by atoms with Crippen molar-refractivity contribution in [3.8, 4) is 5.75 Å². The van der Waals surface area contributed by atoms with E-state index in [1.807, 2.05) is 37.4 Å². The van der Waals surface area contributed by atoms with Gasteiger partial charge in [-0.3, -0.25) is 0 Å². The Hall–Kier alpha value is -1.68. The van der Waals surface area contributed by atoms with E-state index in [9.17, 15) is 5.11 Å². The Morgan fingerprint density at radius 3 is 2.82 bits per heavy atom. The van der Waals surface area contributed by atoms with Crippen LogP contribution in [0.1, 0.15) is 5.56 Å². The minimum absolute atomic E-state index is 0.326. The highest BCUT2D eigenvalue weighted by molar-refractivity contribution is 7.98. The average Bonchev–Trinajstić information content (AvgIpc) is 2.38. The predicted molar refractivity (Wildman–Crippen MR) is 71.5 cm³/mol. The zero-order valence-corrected chi connectivity index (χ0v) is 10.4. The van der Waals surface area contributed by atoms with Crippen molar-refractivity contribution in [3.63, 3.8) is 0 Å². The van der Waals surface area contributed by atoms with Gasteiger partial charge in [0.1, 0.15) is 11.6 Å². The number of phenolic OH excluding ortho intramolecular Hbond substituents is 1. The van der Waals surface area contributed by atoms with E-state index in [4.69, 9.17) is 0 Å². The first-order chi connectivity index (χ1) is 8.31. The van der Waals surface area contributed by atoms with E-state index in [-0.39, 0.29) is 0 Å². The first-order valence-electron chi connectivity index (χ1n) is 5.33. The Labute approximate surface area is 105 Å². The minimum Gasteiger partial charge on any atom is -0.507 e. The van der Waals surface area contributed by atoms with Gasteiger partial charge in [0, 0.05) is 29.5 Å². The molecule has 0 bridgehead atoms. The molecule has 0 amide bonds. The molecule has 0 aliphatic rings. The molecule has 2 N–H and O–H groups in total. The van der Waals surface area contributed by atoms with Gasteiger partial charge >= 0.3 is 0 Å². The summed E-state index contributed by atoms with van der Waals surface area (Å²) in [6, 6.07) is 11.3. The van der Waals surface area contributed by atoms with Gasteiger partial charge in [0.15, 0.2) is 0 Å². The van der Waals surface area contributed by atoms with Crippen LogP contribution in [0.3, 0.4) is 0 Å². The normalized spacial score (nSPS) is 10.2. The largest absolute Gasteiger partial charge is 0.507 e. The standard InChI is InChI=1S/C13H14N2OS/c1-14-13-10(5-4-8-15-13)9-17-12-7-3-2-6-11(12)16/h2-8,16H,9H2,1H3,(H,14,15). The van der Waals surface area contributed by atoms with E-state index in [2.05, 4.69) is 10.3 Å². The first-order valence-corrected chi connectivity index (χ1v) is 6.32. The van der Waals surface area contributed by atoms with Crippen LogP contribution >= 0.6 is 11.8 Å². The first kappa shape index (κ1) is 11.8. The summed E-state index contributed by atoms with van der Waals surface area (Å²) in [5, 5.41) is 12.7. The van der Waals surface area contributed by atoms with Crippen molar-refractivity contribution < 1.29 is 5.11 Å². The van der Waals surface area contributed by atoms with Crippen molar-refractivity contribution in [2.45, 2.75) is 10.6 Å². The average molecular weight is 246 g/mol. The Balaban J connectivity index is 2.10. The van der Waals surface area contributed by atoms with E-state index in [0.717, 1.165) is 22.0 Å². The molecule has 0 aliphatic carbocycles. The van der Waals surface area contributed by atoms with Gasteiger partial charge in [0.25, 0.3) is 0 Å². The lowest BCUT2D eigenvalue weighted by Gasteiger charge is -2.08. The van der Waals surface area contributed by atoms with Crippen LogP contribution in [-0.2, 0) is 5.75 Å². The predicted octanol–water partition coefficient (Wildman–Crippen LogP) is 3.12. The topological polar surface area (TPSA) is 45.2 Å². The number of anilines is 1. The lowest BCUT2D eigenvalue weighted by Crippen LogP contribution is -1.96. The maximum absolute atomic E-state index is 9.66. The lowest BCUT2D eigenvalue weighted by atomic mass is 10.3. The summed E-state index contributed by atoms with van der Waals surface area (Å²) in [4.78, 5) is 5.13. The van der Waals surface area contributed by atoms with Crippen molar-refractivity contribution >= 4 is 17.6 Å².